The summed E-state index contributed by atoms with van der Waals surface area (Å²) in [6.07, 6.45) is 2.51. The molecule has 3 rings (SSSR count). The number of hydrogen-bond acceptors (Lipinski definition) is 5. The van der Waals surface area contributed by atoms with E-state index in [4.69, 9.17) is 14.2 Å². The van der Waals surface area contributed by atoms with Gasteiger partial charge in [0.1, 0.15) is 17.2 Å². The molecule has 134 valence electrons. The van der Waals surface area contributed by atoms with Crippen LogP contribution in [0.2, 0.25) is 0 Å². The molecule has 2 aromatic carbocycles. The monoisotopic (exact) mass is 343 g/mol. The van der Waals surface area contributed by atoms with Crippen LogP contribution in [0.1, 0.15) is 18.4 Å². The number of benzene rings is 2. The summed E-state index contributed by atoms with van der Waals surface area (Å²) in [4.78, 5) is 0. The lowest BCUT2D eigenvalue weighted by atomic mass is 10.0. The van der Waals surface area contributed by atoms with Gasteiger partial charge < -0.3 is 24.6 Å². The number of ether oxygens (including phenoxy) is 3. The van der Waals surface area contributed by atoms with Crippen LogP contribution in [0.4, 0.5) is 0 Å². The van der Waals surface area contributed by atoms with Crippen LogP contribution in [0, 0.1) is 0 Å². The van der Waals surface area contributed by atoms with Crippen LogP contribution in [0.25, 0.3) is 11.1 Å². The van der Waals surface area contributed by atoms with Crippen molar-refractivity contribution >= 4 is 0 Å². The molecule has 0 aliphatic carbocycles. The molecular formula is C20H25NO4. The van der Waals surface area contributed by atoms with Crippen LogP contribution in [0.5, 0.6) is 17.2 Å². The molecule has 1 aliphatic rings. The zero-order chi connectivity index (χ0) is 17.6. The minimum absolute atomic E-state index is 0.281. The highest BCUT2D eigenvalue weighted by molar-refractivity contribution is 5.73. The molecule has 1 fully saturated rings. The van der Waals surface area contributed by atoms with Gasteiger partial charge in [0.15, 0.2) is 0 Å². The second-order valence-electron chi connectivity index (χ2n) is 6.18. The van der Waals surface area contributed by atoms with Crippen molar-refractivity contribution in [1.29, 1.82) is 0 Å². The summed E-state index contributed by atoms with van der Waals surface area (Å²) < 4.78 is 16.4. The van der Waals surface area contributed by atoms with Crippen LogP contribution >= 0.6 is 0 Å². The van der Waals surface area contributed by atoms with Crippen molar-refractivity contribution in [3.05, 3.63) is 42.0 Å². The highest BCUT2D eigenvalue weighted by atomic mass is 16.5. The first-order chi connectivity index (χ1) is 12.2. The van der Waals surface area contributed by atoms with Crippen molar-refractivity contribution in [1.82, 2.24) is 5.32 Å². The summed E-state index contributed by atoms with van der Waals surface area (Å²) in [6.45, 7) is 2.24. The van der Waals surface area contributed by atoms with Crippen molar-refractivity contribution in [2.45, 2.75) is 25.5 Å². The second kappa shape index (κ2) is 8.23. The van der Waals surface area contributed by atoms with E-state index in [9.17, 15) is 5.11 Å². The van der Waals surface area contributed by atoms with E-state index in [-0.39, 0.29) is 11.9 Å². The molecule has 0 saturated carbocycles. The smallest absolute Gasteiger partial charge is 0.126 e. The Hall–Kier alpha value is -2.24. The largest absolute Gasteiger partial charge is 0.508 e. The highest BCUT2D eigenvalue weighted by Crippen LogP contribution is 2.35. The third-order valence-corrected chi connectivity index (χ3v) is 4.51. The molecule has 0 radical (unpaired) electrons. The van der Waals surface area contributed by atoms with Gasteiger partial charge >= 0.3 is 0 Å². The molecule has 0 unspecified atom stereocenters. The second-order valence-corrected chi connectivity index (χ2v) is 6.18. The maximum absolute atomic E-state index is 10.2. The minimum atomic E-state index is 0.281. The molecule has 1 saturated heterocycles. The number of rotatable bonds is 7. The Kier molecular flexibility index (Phi) is 5.79. The van der Waals surface area contributed by atoms with E-state index in [1.54, 1.807) is 20.3 Å². The van der Waals surface area contributed by atoms with E-state index >= 15 is 0 Å². The fraction of sp³-hybridized carbons (Fsp3) is 0.400. The number of phenolic OH excluding ortho intramolecular Hbond substituents is 1. The van der Waals surface area contributed by atoms with Gasteiger partial charge in [-0.3, -0.25) is 0 Å². The van der Waals surface area contributed by atoms with Gasteiger partial charge in [0, 0.05) is 30.8 Å². The molecule has 1 atom stereocenters. The van der Waals surface area contributed by atoms with Crippen LogP contribution in [-0.4, -0.2) is 38.6 Å². The molecule has 1 aliphatic heterocycles. The fourth-order valence-corrected chi connectivity index (χ4v) is 3.11. The third kappa shape index (κ3) is 4.24. The van der Waals surface area contributed by atoms with Crippen LogP contribution in [-0.2, 0) is 11.3 Å². The first-order valence-corrected chi connectivity index (χ1v) is 8.58. The standard InChI is InChI=1S/C20H25NO4/c1-23-16-6-8-20(24-2)18(11-16)14-5-7-19(22)15(10-14)12-21-13-17-4-3-9-25-17/h5-8,10-11,17,21-22H,3-4,9,12-13H2,1-2H3/t17-/m0/s1. The summed E-state index contributed by atoms with van der Waals surface area (Å²) in [5.74, 6) is 1.82. The Morgan fingerprint density at radius 1 is 1.16 bits per heavy atom. The average Bonchev–Trinajstić information content (AvgIpc) is 3.16. The Bertz CT molecular complexity index is 711. The van der Waals surface area contributed by atoms with Crippen LogP contribution in [0.3, 0.4) is 0 Å². The van der Waals surface area contributed by atoms with E-state index in [2.05, 4.69) is 5.32 Å². The van der Waals surface area contributed by atoms with Gasteiger partial charge in [-0.1, -0.05) is 6.07 Å². The van der Waals surface area contributed by atoms with Crippen LogP contribution in [0.15, 0.2) is 36.4 Å². The topological polar surface area (TPSA) is 60.0 Å². The summed E-state index contributed by atoms with van der Waals surface area (Å²) in [7, 11) is 3.29. The van der Waals surface area contributed by atoms with Crippen LogP contribution < -0.4 is 14.8 Å². The van der Waals surface area contributed by atoms with Crippen molar-refractivity contribution in [2.24, 2.45) is 0 Å². The number of nitrogens with one attached hydrogen (secondary N) is 1. The third-order valence-electron chi connectivity index (χ3n) is 4.51. The lowest BCUT2D eigenvalue weighted by molar-refractivity contribution is 0.110. The zero-order valence-electron chi connectivity index (χ0n) is 14.7. The molecule has 5 nitrogen and oxygen atoms in total. The summed E-state index contributed by atoms with van der Waals surface area (Å²) >= 11 is 0. The van der Waals surface area contributed by atoms with E-state index < -0.39 is 0 Å². The maximum atomic E-state index is 10.2. The first-order valence-electron chi connectivity index (χ1n) is 8.58. The zero-order valence-corrected chi connectivity index (χ0v) is 14.7. The van der Waals surface area contributed by atoms with Crippen molar-refractivity contribution in [3.63, 3.8) is 0 Å². The molecule has 2 N–H and O–H groups in total. The molecule has 25 heavy (non-hydrogen) atoms. The predicted octanol–water partition coefficient (Wildman–Crippen LogP) is 3.35. The molecule has 5 heteroatoms. The molecule has 0 spiro atoms. The quantitative estimate of drug-likeness (QED) is 0.807. The van der Waals surface area contributed by atoms with E-state index in [0.717, 1.165) is 54.2 Å². The SMILES string of the molecule is COc1ccc(OC)c(-c2ccc(O)c(CNC[C@@H]3CCCO3)c2)c1. The van der Waals surface area contributed by atoms with Gasteiger partial charge in [0.25, 0.3) is 0 Å². The number of phenols is 1. The summed E-state index contributed by atoms with van der Waals surface area (Å²) in [6, 6.07) is 11.3. The van der Waals surface area contributed by atoms with Gasteiger partial charge in [0.2, 0.25) is 0 Å². The maximum Gasteiger partial charge on any atom is 0.126 e. The van der Waals surface area contributed by atoms with Gasteiger partial charge in [0.05, 0.1) is 20.3 Å². The first kappa shape index (κ1) is 17.6. The minimum Gasteiger partial charge on any atom is -0.508 e. The Balaban J connectivity index is 1.78. The fourth-order valence-electron chi connectivity index (χ4n) is 3.11. The number of methoxy groups -OCH3 is 2. The van der Waals surface area contributed by atoms with Gasteiger partial charge in [-0.15, -0.1) is 0 Å². The molecule has 0 aromatic heterocycles. The molecule has 1 heterocycles. The Morgan fingerprint density at radius 2 is 2.04 bits per heavy atom. The summed E-state index contributed by atoms with van der Waals surface area (Å²) in [5, 5.41) is 13.5. The highest BCUT2D eigenvalue weighted by Gasteiger charge is 2.15. The molecular weight excluding hydrogens is 318 g/mol. The number of hydrogen-bond donors (Lipinski definition) is 2. The van der Waals surface area contributed by atoms with E-state index in [1.807, 2.05) is 30.3 Å². The normalized spacial score (nSPS) is 16.8. The molecule has 2 aromatic rings. The lowest BCUT2D eigenvalue weighted by Crippen LogP contribution is -2.25. The van der Waals surface area contributed by atoms with Gasteiger partial charge in [-0.05, 0) is 48.7 Å². The average molecular weight is 343 g/mol. The van der Waals surface area contributed by atoms with Crippen molar-refractivity contribution in [3.8, 4) is 28.4 Å². The summed E-state index contributed by atoms with van der Waals surface area (Å²) in [5.41, 5.74) is 2.75. The Labute approximate surface area is 148 Å². The molecule has 0 amide bonds. The molecule has 0 bridgehead atoms. The Morgan fingerprint density at radius 3 is 2.76 bits per heavy atom. The predicted molar refractivity (Wildman–Crippen MR) is 97.3 cm³/mol. The van der Waals surface area contributed by atoms with E-state index in [1.165, 1.54) is 0 Å². The van der Waals surface area contributed by atoms with Gasteiger partial charge in [-0.25, -0.2) is 0 Å². The lowest BCUT2D eigenvalue weighted by Gasteiger charge is -2.14. The number of aromatic hydroxyl groups is 1. The van der Waals surface area contributed by atoms with E-state index in [0.29, 0.717) is 6.54 Å². The van der Waals surface area contributed by atoms with Gasteiger partial charge in [-0.2, -0.15) is 0 Å². The van der Waals surface area contributed by atoms with Crippen molar-refractivity contribution in [2.75, 3.05) is 27.4 Å². The van der Waals surface area contributed by atoms with Crippen molar-refractivity contribution < 1.29 is 19.3 Å².